The number of nitrogens with one attached hydrogen (secondary N) is 1. The van der Waals surface area contributed by atoms with Crippen LogP contribution in [0.25, 0.3) is 0 Å². The van der Waals surface area contributed by atoms with E-state index >= 15 is 0 Å². The fourth-order valence-corrected chi connectivity index (χ4v) is 1.33. The van der Waals surface area contributed by atoms with Crippen LogP contribution in [0.3, 0.4) is 0 Å². The predicted molar refractivity (Wildman–Crippen MR) is 52.6 cm³/mol. The van der Waals surface area contributed by atoms with E-state index in [2.05, 4.69) is 5.32 Å². The Morgan fingerprint density at radius 1 is 1.53 bits per heavy atom. The average molecular weight is 216 g/mol. The number of rotatable bonds is 5. The van der Waals surface area contributed by atoms with Crippen LogP contribution in [0.4, 0.5) is 4.79 Å². The third kappa shape index (κ3) is 3.75. The summed E-state index contributed by atoms with van der Waals surface area (Å²) in [5, 5.41) is 10.9. The summed E-state index contributed by atoms with van der Waals surface area (Å²) in [6.07, 6.45) is 0.0919. The van der Waals surface area contributed by atoms with Crippen molar-refractivity contribution in [1.29, 1.82) is 0 Å². The van der Waals surface area contributed by atoms with Crippen LogP contribution >= 0.6 is 0 Å². The number of amides is 2. The van der Waals surface area contributed by atoms with Gasteiger partial charge in [-0.1, -0.05) is 0 Å². The van der Waals surface area contributed by atoms with Crippen LogP contribution in [-0.2, 0) is 9.53 Å². The smallest absolute Gasteiger partial charge is 0.317 e. The Hall–Kier alpha value is -1.30. The summed E-state index contributed by atoms with van der Waals surface area (Å²) in [5.74, 6) is -0.911. The summed E-state index contributed by atoms with van der Waals surface area (Å²) in [6, 6.07) is -0.216. The summed E-state index contributed by atoms with van der Waals surface area (Å²) in [6.45, 7) is 3.91. The molecule has 1 aliphatic heterocycles. The molecule has 0 atom stereocenters. The zero-order chi connectivity index (χ0) is 11.3. The first-order valence-corrected chi connectivity index (χ1v) is 4.99. The number of carbonyl (C=O) groups is 2. The van der Waals surface area contributed by atoms with Gasteiger partial charge in [0, 0.05) is 13.2 Å². The van der Waals surface area contributed by atoms with Gasteiger partial charge >= 0.3 is 12.0 Å². The van der Waals surface area contributed by atoms with Gasteiger partial charge in [0.05, 0.1) is 25.6 Å². The molecule has 6 heteroatoms. The van der Waals surface area contributed by atoms with E-state index in [4.69, 9.17) is 9.84 Å². The fourth-order valence-electron chi connectivity index (χ4n) is 1.33. The van der Waals surface area contributed by atoms with Crippen molar-refractivity contribution in [3.63, 3.8) is 0 Å². The number of aliphatic carboxylic acids is 1. The zero-order valence-electron chi connectivity index (χ0n) is 8.73. The van der Waals surface area contributed by atoms with Crippen LogP contribution in [0.15, 0.2) is 0 Å². The molecule has 0 aromatic heterocycles. The SMILES string of the molecule is CCOC1CN(C(=O)NCCC(=O)O)C1. The van der Waals surface area contributed by atoms with Crippen molar-refractivity contribution >= 4 is 12.0 Å². The molecule has 0 spiro atoms. The number of urea groups is 1. The van der Waals surface area contributed by atoms with E-state index < -0.39 is 5.97 Å². The van der Waals surface area contributed by atoms with Crippen LogP contribution in [0.5, 0.6) is 0 Å². The molecule has 1 saturated heterocycles. The third-order valence-corrected chi connectivity index (χ3v) is 2.15. The van der Waals surface area contributed by atoms with Gasteiger partial charge in [-0.3, -0.25) is 4.79 Å². The molecule has 1 heterocycles. The lowest BCUT2D eigenvalue weighted by molar-refractivity contribution is -0.136. The van der Waals surface area contributed by atoms with E-state index in [1.54, 1.807) is 4.90 Å². The molecule has 2 N–H and O–H groups in total. The number of nitrogens with zero attached hydrogens (tertiary/aromatic N) is 1. The molecule has 6 nitrogen and oxygen atoms in total. The van der Waals surface area contributed by atoms with Gasteiger partial charge in [-0.2, -0.15) is 0 Å². The van der Waals surface area contributed by atoms with Crippen molar-refractivity contribution in [3.8, 4) is 0 Å². The molecule has 1 rings (SSSR count). The van der Waals surface area contributed by atoms with E-state index in [9.17, 15) is 9.59 Å². The van der Waals surface area contributed by atoms with E-state index in [0.29, 0.717) is 19.7 Å². The molecular weight excluding hydrogens is 200 g/mol. The zero-order valence-corrected chi connectivity index (χ0v) is 8.73. The maximum absolute atomic E-state index is 11.3. The normalized spacial score (nSPS) is 15.9. The van der Waals surface area contributed by atoms with Crippen molar-refractivity contribution in [2.24, 2.45) is 0 Å². The van der Waals surface area contributed by atoms with Crippen molar-refractivity contribution in [2.75, 3.05) is 26.2 Å². The highest BCUT2D eigenvalue weighted by Gasteiger charge is 2.30. The second-order valence-electron chi connectivity index (χ2n) is 3.36. The minimum atomic E-state index is -0.911. The van der Waals surface area contributed by atoms with Gasteiger partial charge in [0.25, 0.3) is 0 Å². The molecule has 0 aromatic carbocycles. The Balaban J connectivity index is 2.07. The Morgan fingerprint density at radius 3 is 2.73 bits per heavy atom. The lowest BCUT2D eigenvalue weighted by Gasteiger charge is -2.38. The quantitative estimate of drug-likeness (QED) is 0.672. The van der Waals surface area contributed by atoms with E-state index in [-0.39, 0.29) is 25.1 Å². The number of likely N-dealkylation sites (tertiary alicyclic amines) is 1. The number of carboxylic acid groups (broad SMARTS) is 1. The van der Waals surface area contributed by atoms with E-state index in [0.717, 1.165) is 0 Å². The number of ether oxygens (including phenoxy) is 1. The minimum Gasteiger partial charge on any atom is -0.481 e. The number of carboxylic acids is 1. The summed E-state index contributed by atoms with van der Waals surface area (Å²) >= 11 is 0. The predicted octanol–water partition coefficient (Wildman–Crippen LogP) is -0.109. The summed E-state index contributed by atoms with van der Waals surface area (Å²) in [7, 11) is 0. The molecule has 0 aliphatic carbocycles. The highest BCUT2D eigenvalue weighted by atomic mass is 16.5. The number of carbonyl (C=O) groups excluding carboxylic acids is 1. The van der Waals surface area contributed by atoms with Crippen molar-refractivity contribution < 1.29 is 19.4 Å². The molecule has 2 amide bonds. The number of hydrogen-bond donors (Lipinski definition) is 2. The third-order valence-electron chi connectivity index (χ3n) is 2.15. The molecule has 15 heavy (non-hydrogen) atoms. The number of hydrogen-bond acceptors (Lipinski definition) is 3. The van der Waals surface area contributed by atoms with Gasteiger partial charge in [0.2, 0.25) is 0 Å². The lowest BCUT2D eigenvalue weighted by atomic mass is 10.2. The first kappa shape index (κ1) is 11.8. The molecular formula is C9H16N2O4. The lowest BCUT2D eigenvalue weighted by Crippen LogP contribution is -2.57. The molecule has 1 aliphatic rings. The second kappa shape index (κ2) is 5.55. The molecule has 0 saturated carbocycles. The summed E-state index contributed by atoms with van der Waals surface area (Å²) in [4.78, 5) is 23.1. The average Bonchev–Trinajstić information content (AvgIpc) is 2.09. The Kier molecular flexibility index (Phi) is 4.36. The highest BCUT2D eigenvalue weighted by molar-refractivity contribution is 5.76. The van der Waals surface area contributed by atoms with Crippen LogP contribution in [0.2, 0.25) is 0 Å². The summed E-state index contributed by atoms with van der Waals surface area (Å²) < 4.78 is 5.29. The van der Waals surface area contributed by atoms with Crippen LogP contribution < -0.4 is 5.32 Å². The summed E-state index contributed by atoms with van der Waals surface area (Å²) in [5.41, 5.74) is 0. The highest BCUT2D eigenvalue weighted by Crippen LogP contribution is 2.10. The van der Waals surface area contributed by atoms with E-state index in [1.165, 1.54) is 0 Å². The Labute approximate surface area is 88.2 Å². The Bertz CT molecular complexity index is 238. The van der Waals surface area contributed by atoms with Crippen LogP contribution in [-0.4, -0.2) is 54.4 Å². The van der Waals surface area contributed by atoms with Crippen molar-refractivity contribution in [3.05, 3.63) is 0 Å². The largest absolute Gasteiger partial charge is 0.481 e. The minimum absolute atomic E-state index is 0.0472. The van der Waals surface area contributed by atoms with Gasteiger partial charge in [0.15, 0.2) is 0 Å². The van der Waals surface area contributed by atoms with Gasteiger partial charge in [-0.15, -0.1) is 0 Å². The maximum Gasteiger partial charge on any atom is 0.317 e. The van der Waals surface area contributed by atoms with Gasteiger partial charge in [0.1, 0.15) is 0 Å². The van der Waals surface area contributed by atoms with E-state index in [1.807, 2.05) is 6.92 Å². The monoisotopic (exact) mass is 216 g/mol. The van der Waals surface area contributed by atoms with Crippen LogP contribution in [0.1, 0.15) is 13.3 Å². The van der Waals surface area contributed by atoms with Crippen LogP contribution in [0, 0.1) is 0 Å². The molecule has 0 bridgehead atoms. The first-order chi connectivity index (χ1) is 7.13. The van der Waals surface area contributed by atoms with Gasteiger partial charge in [-0.05, 0) is 6.92 Å². The fraction of sp³-hybridized carbons (Fsp3) is 0.778. The molecule has 1 fully saturated rings. The second-order valence-corrected chi connectivity index (χ2v) is 3.36. The standard InChI is InChI=1S/C9H16N2O4/c1-2-15-7-5-11(6-7)9(14)10-4-3-8(12)13/h7H,2-6H2,1H3,(H,10,14)(H,12,13). The molecule has 0 aromatic rings. The molecule has 0 unspecified atom stereocenters. The van der Waals surface area contributed by atoms with Crippen molar-refractivity contribution in [1.82, 2.24) is 10.2 Å². The Morgan fingerprint density at radius 2 is 2.20 bits per heavy atom. The van der Waals surface area contributed by atoms with Gasteiger partial charge in [-0.25, -0.2) is 4.79 Å². The topological polar surface area (TPSA) is 78.9 Å². The maximum atomic E-state index is 11.3. The van der Waals surface area contributed by atoms with Gasteiger partial charge < -0.3 is 20.1 Å². The first-order valence-electron chi connectivity index (χ1n) is 4.99. The molecule has 0 radical (unpaired) electrons. The molecule has 86 valence electrons. The van der Waals surface area contributed by atoms with Crippen molar-refractivity contribution in [2.45, 2.75) is 19.4 Å².